The molecule has 144 valence electrons. The summed E-state index contributed by atoms with van der Waals surface area (Å²) in [7, 11) is 3.93. The van der Waals surface area contributed by atoms with Gasteiger partial charge in [0.25, 0.3) is 5.91 Å². The van der Waals surface area contributed by atoms with Crippen LogP contribution in [-0.4, -0.2) is 41.4 Å². The van der Waals surface area contributed by atoms with Crippen molar-refractivity contribution in [2.24, 2.45) is 0 Å². The fourth-order valence-electron chi connectivity index (χ4n) is 2.84. The SMILES string of the molecule is CN(C)C(CNC(=O)c1cccc(Nc2ncccn2)c1)c1ccccc1Cl. The number of aromatic nitrogens is 2. The minimum absolute atomic E-state index is 0.0309. The number of rotatable bonds is 7. The number of halogens is 1. The Morgan fingerprint density at radius 3 is 2.54 bits per heavy atom. The van der Waals surface area contributed by atoms with Gasteiger partial charge in [0.1, 0.15) is 0 Å². The maximum atomic E-state index is 12.7. The smallest absolute Gasteiger partial charge is 0.251 e. The molecule has 0 radical (unpaired) electrons. The fourth-order valence-corrected chi connectivity index (χ4v) is 3.10. The molecule has 3 aromatic rings. The number of carbonyl (C=O) groups excluding carboxylic acids is 1. The van der Waals surface area contributed by atoms with Gasteiger partial charge in [-0.05, 0) is 50.0 Å². The van der Waals surface area contributed by atoms with E-state index >= 15 is 0 Å². The van der Waals surface area contributed by atoms with Crippen LogP contribution in [-0.2, 0) is 0 Å². The minimum Gasteiger partial charge on any atom is -0.350 e. The summed E-state index contributed by atoms with van der Waals surface area (Å²) in [6, 6.07) is 16.6. The fraction of sp³-hybridized carbons (Fsp3) is 0.190. The summed E-state index contributed by atoms with van der Waals surface area (Å²) in [5, 5.41) is 6.77. The maximum absolute atomic E-state index is 12.7. The third kappa shape index (κ3) is 5.06. The summed E-state index contributed by atoms with van der Waals surface area (Å²) >= 11 is 6.33. The third-order valence-electron chi connectivity index (χ3n) is 4.29. The molecule has 2 aromatic carbocycles. The van der Waals surface area contributed by atoms with Crippen LogP contribution in [0.2, 0.25) is 5.02 Å². The van der Waals surface area contributed by atoms with Gasteiger partial charge in [-0.1, -0.05) is 35.9 Å². The summed E-state index contributed by atoms with van der Waals surface area (Å²) in [6.45, 7) is 0.440. The molecule has 0 aliphatic rings. The molecule has 0 aliphatic heterocycles. The van der Waals surface area contributed by atoms with Gasteiger partial charge in [-0.25, -0.2) is 9.97 Å². The summed E-state index contributed by atoms with van der Waals surface area (Å²) in [5.41, 5.74) is 2.28. The lowest BCUT2D eigenvalue weighted by atomic mass is 10.1. The monoisotopic (exact) mass is 395 g/mol. The van der Waals surface area contributed by atoms with E-state index in [1.165, 1.54) is 0 Å². The molecule has 1 aromatic heterocycles. The molecule has 0 saturated carbocycles. The molecule has 1 heterocycles. The first-order valence-electron chi connectivity index (χ1n) is 8.88. The van der Waals surface area contributed by atoms with Crippen molar-refractivity contribution in [3.63, 3.8) is 0 Å². The highest BCUT2D eigenvalue weighted by molar-refractivity contribution is 6.31. The summed E-state index contributed by atoms with van der Waals surface area (Å²) < 4.78 is 0. The van der Waals surface area contributed by atoms with Crippen molar-refractivity contribution in [1.82, 2.24) is 20.2 Å². The predicted octanol–water partition coefficient (Wildman–Crippen LogP) is 3.91. The van der Waals surface area contributed by atoms with Crippen LogP contribution in [0, 0.1) is 0 Å². The standard InChI is InChI=1S/C21H22ClN5O/c1-27(2)19(17-9-3-4-10-18(17)22)14-25-20(28)15-7-5-8-16(13-15)26-21-23-11-6-12-24-21/h3-13,19H,14H2,1-2H3,(H,25,28)(H,23,24,26). The predicted molar refractivity (Wildman–Crippen MR) is 112 cm³/mol. The van der Waals surface area contributed by atoms with Crippen LogP contribution in [0.4, 0.5) is 11.6 Å². The second-order valence-corrected chi connectivity index (χ2v) is 6.90. The van der Waals surface area contributed by atoms with Gasteiger partial charge in [0.05, 0.1) is 6.04 Å². The zero-order valence-corrected chi connectivity index (χ0v) is 16.5. The van der Waals surface area contributed by atoms with Crippen LogP contribution in [0.25, 0.3) is 0 Å². The van der Waals surface area contributed by atoms with Crippen molar-refractivity contribution in [2.45, 2.75) is 6.04 Å². The van der Waals surface area contributed by atoms with Gasteiger partial charge in [-0.15, -0.1) is 0 Å². The number of anilines is 2. The molecule has 7 heteroatoms. The average Bonchev–Trinajstić information content (AvgIpc) is 2.70. The van der Waals surface area contributed by atoms with E-state index in [0.29, 0.717) is 23.1 Å². The quantitative estimate of drug-likeness (QED) is 0.634. The number of hydrogen-bond donors (Lipinski definition) is 2. The number of carbonyl (C=O) groups is 1. The molecule has 3 rings (SSSR count). The van der Waals surface area contributed by atoms with Crippen LogP contribution >= 0.6 is 11.6 Å². The Bertz CT molecular complexity index is 933. The van der Waals surface area contributed by atoms with Crippen molar-refractivity contribution in [1.29, 1.82) is 0 Å². The van der Waals surface area contributed by atoms with Crippen LogP contribution < -0.4 is 10.6 Å². The Labute approximate surface area is 169 Å². The topological polar surface area (TPSA) is 70.2 Å². The third-order valence-corrected chi connectivity index (χ3v) is 4.63. The van der Waals surface area contributed by atoms with Crippen molar-refractivity contribution >= 4 is 29.1 Å². The molecule has 0 saturated heterocycles. The van der Waals surface area contributed by atoms with Crippen molar-refractivity contribution < 1.29 is 4.79 Å². The molecule has 0 aliphatic carbocycles. The first-order chi connectivity index (χ1) is 13.5. The van der Waals surface area contributed by atoms with Gasteiger partial charge < -0.3 is 15.5 Å². The molecule has 6 nitrogen and oxygen atoms in total. The number of nitrogens with one attached hydrogen (secondary N) is 2. The molecule has 1 amide bonds. The van der Waals surface area contributed by atoms with Gasteiger partial charge in [-0.2, -0.15) is 0 Å². The zero-order valence-electron chi connectivity index (χ0n) is 15.8. The van der Waals surface area contributed by atoms with E-state index in [1.54, 1.807) is 30.6 Å². The lowest BCUT2D eigenvalue weighted by Gasteiger charge is -2.26. The second-order valence-electron chi connectivity index (χ2n) is 6.49. The van der Waals surface area contributed by atoms with E-state index in [2.05, 4.69) is 20.6 Å². The Balaban J connectivity index is 1.69. The van der Waals surface area contributed by atoms with Crippen LogP contribution in [0.5, 0.6) is 0 Å². The number of amides is 1. The summed E-state index contributed by atoms with van der Waals surface area (Å²) in [4.78, 5) is 23.0. The molecule has 2 N–H and O–H groups in total. The lowest BCUT2D eigenvalue weighted by Crippen LogP contribution is -2.34. The van der Waals surface area contributed by atoms with Gasteiger partial charge >= 0.3 is 0 Å². The number of nitrogens with zero attached hydrogens (tertiary/aromatic N) is 3. The average molecular weight is 396 g/mol. The highest BCUT2D eigenvalue weighted by Crippen LogP contribution is 2.25. The number of likely N-dealkylation sites (N-methyl/N-ethyl adjacent to an activating group) is 1. The van der Waals surface area contributed by atoms with Gasteiger partial charge in [-0.3, -0.25) is 4.79 Å². The molecule has 0 bridgehead atoms. The molecule has 1 unspecified atom stereocenters. The van der Waals surface area contributed by atoms with Crippen molar-refractivity contribution in [2.75, 3.05) is 26.0 Å². The van der Waals surface area contributed by atoms with E-state index in [9.17, 15) is 4.79 Å². The summed E-state index contributed by atoms with van der Waals surface area (Å²) in [5.74, 6) is 0.322. The molecule has 0 fully saturated rings. The van der Waals surface area contributed by atoms with Crippen molar-refractivity contribution in [3.05, 3.63) is 83.1 Å². The van der Waals surface area contributed by atoms with E-state index in [4.69, 9.17) is 11.6 Å². The second kappa shape index (κ2) is 9.30. The zero-order chi connectivity index (χ0) is 19.9. The Morgan fingerprint density at radius 2 is 1.82 bits per heavy atom. The Morgan fingerprint density at radius 1 is 1.07 bits per heavy atom. The van der Waals surface area contributed by atoms with E-state index in [-0.39, 0.29) is 11.9 Å². The number of benzene rings is 2. The highest BCUT2D eigenvalue weighted by atomic mass is 35.5. The van der Waals surface area contributed by atoms with E-state index < -0.39 is 0 Å². The number of hydrogen-bond acceptors (Lipinski definition) is 5. The van der Waals surface area contributed by atoms with Gasteiger partial charge in [0.15, 0.2) is 0 Å². The summed E-state index contributed by atoms with van der Waals surface area (Å²) in [6.07, 6.45) is 3.31. The highest BCUT2D eigenvalue weighted by Gasteiger charge is 2.18. The maximum Gasteiger partial charge on any atom is 0.251 e. The molecule has 28 heavy (non-hydrogen) atoms. The van der Waals surface area contributed by atoms with E-state index in [0.717, 1.165) is 11.3 Å². The Kier molecular flexibility index (Phi) is 6.57. The molecular formula is C21H22ClN5O. The minimum atomic E-state index is -0.156. The molecule has 0 spiro atoms. The van der Waals surface area contributed by atoms with Gasteiger partial charge in [0, 0.05) is 35.2 Å². The normalized spacial score (nSPS) is 11.9. The van der Waals surface area contributed by atoms with Crippen LogP contribution in [0.3, 0.4) is 0 Å². The van der Waals surface area contributed by atoms with E-state index in [1.807, 2.05) is 55.4 Å². The van der Waals surface area contributed by atoms with Crippen molar-refractivity contribution in [3.8, 4) is 0 Å². The molecule has 1 atom stereocenters. The van der Waals surface area contributed by atoms with Crippen LogP contribution in [0.1, 0.15) is 22.0 Å². The first kappa shape index (κ1) is 19.8. The Hall–Kier alpha value is -2.96. The largest absolute Gasteiger partial charge is 0.350 e. The first-order valence-corrected chi connectivity index (χ1v) is 9.25. The van der Waals surface area contributed by atoms with Crippen LogP contribution in [0.15, 0.2) is 67.0 Å². The van der Waals surface area contributed by atoms with Gasteiger partial charge in [0.2, 0.25) is 5.95 Å². The molecular weight excluding hydrogens is 374 g/mol. The lowest BCUT2D eigenvalue weighted by molar-refractivity contribution is 0.0942.